The van der Waals surface area contributed by atoms with E-state index < -0.39 is 6.36 Å². The Balaban J connectivity index is 1.89. The van der Waals surface area contributed by atoms with E-state index in [1.165, 1.54) is 18.2 Å². The molecule has 0 unspecified atom stereocenters. The molecule has 0 aliphatic heterocycles. The second kappa shape index (κ2) is 9.13. The van der Waals surface area contributed by atoms with Crippen LogP contribution in [0.15, 0.2) is 59.1 Å². The summed E-state index contributed by atoms with van der Waals surface area (Å²) in [4.78, 5) is 8.81. The van der Waals surface area contributed by atoms with E-state index in [0.717, 1.165) is 10.0 Å². The topological polar surface area (TPSA) is 59.1 Å². The molecule has 0 spiro atoms. The van der Waals surface area contributed by atoms with Crippen LogP contribution in [0.4, 0.5) is 24.9 Å². The number of nitrogens with zero attached hydrogens (tertiary/aromatic N) is 2. The van der Waals surface area contributed by atoms with Crippen LogP contribution in [-0.4, -0.2) is 22.9 Å². The van der Waals surface area contributed by atoms with Crippen molar-refractivity contribution in [2.24, 2.45) is 0 Å². The first kappa shape index (κ1) is 20.9. The number of halogens is 4. The van der Waals surface area contributed by atoms with Crippen LogP contribution >= 0.6 is 15.9 Å². The summed E-state index contributed by atoms with van der Waals surface area (Å²) >= 11 is 3.50. The molecule has 152 valence electrons. The fourth-order valence-electron chi connectivity index (χ4n) is 2.60. The molecule has 2 aromatic carbocycles. The molecule has 3 rings (SSSR count). The van der Waals surface area contributed by atoms with E-state index in [1.54, 1.807) is 12.1 Å². The first-order valence-corrected chi connectivity index (χ1v) is 9.60. The smallest absolute Gasteiger partial charge is 0.406 e. The predicted octanol–water partition coefficient (Wildman–Crippen LogP) is 5.85. The summed E-state index contributed by atoms with van der Waals surface area (Å²) < 4.78 is 42.6. The monoisotopic (exact) mass is 466 g/mol. The van der Waals surface area contributed by atoms with Crippen LogP contribution in [0.1, 0.15) is 12.5 Å². The number of anilines is 2. The Morgan fingerprint density at radius 3 is 2.52 bits per heavy atom. The molecule has 5 nitrogen and oxygen atoms in total. The molecule has 0 saturated carbocycles. The lowest BCUT2D eigenvalue weighted by Crippen LogP contribution is -2.17. The van der Waals surface area contributed by atoms with Gasteiger partial charge in [0, 0.05) is 29.2 Å². The van der Waals surface area contributed by atoms with Gasteiger partial charge in [-0.15, -0.1) is 13.2 Å². The number of hydrogen-bond donors (Lipinski definition) is 2. The zero-order valence-electron chi connectivity index (χ0n) is 15.4. The Bertz CT molecular complexity index is 982. The van der Waals surface area contributed by atoms with Crippen LogP contribution < -0.4 is 15.4 Å². The normalized spacial score (nSPS) is 11.2. The quantitative estimate of drug-likeness (QED) is 0.457. The SMILES string of the molecule is CCNc1nc(NCc2ccccc2Br)cc(-c2cccc(OC(F)(F)F)c2)n1. The van der Waals surface area contributed by atoms with Gasteiger partial charge in [-0.1, -0.05) is 46.3 Å². The second-order valence-electron chi connectivity index (χ2n) is 6.01. The zero-order valence-corrected chi connectivity index (χ0v) is 17.0. The summed E-state index contributed by atoms with van der Waals surface area (Å²) in [6.45, 7) is 3.02. The average Bonchev–Trinajstić information content (AvgIpc) is 2.66. The number of ether oxygens (including phenoxy) is 1. The summed E-state index contributed by atoms with van der Waals surface area (Å²) in [7, 11) is 0. The molecule has 2 N–H and O–H groups in total. The highest BCUT2D eigenvalue weighted by atomic mass is 79.9. The van der Waals surface area contributed by atoms with Crippen molar-refractivity contribution >= 4 is 27.7 Å². The van der Waals surface area contributed by atoms with Crippen molar-refractivity contribution in [3.05, 3.63) is 64.6 Å². The first-order valence-electron chi connectivity index (χ1n) is 8.80. The number of hydrogen-bond acceptors (Lipinski definition) is 5. The Hall–Kier alpha value is -2.81. The predicted molar refractivity (Wildman–Crippen MR) is 110 cm³/mol. The number of alkyl halides is 3. The summed E-state index contributed by atoms with van der Waals surface area (Å²) in [6, 6.07) is 15.2. The highest BCUT2D eigenvalue weighted by Crippen LogP contribution is 2.29. The van der Waals surface area contributed by atoms with Gasteiger partial charge >= 0.3 is 6.36 Å². The minimum atomic E-state index is -4.75. The Morgan fingerprint density at radius 1 is 1.00 bits per heavy atom. The molecule has 0 bridgehead atoms. The zero-order chi connectivity index (χ0) is 20.9. The van der Waals surface area contributed by atoms with Crippen LogP contribution in [0.25, 0.3) is 11.3 Å². The molecular formula is C20H18BrF3N4O. The summed E-state index contributed by atoms with van der Waals surface area (Å²) in [5.74, 6) is 0.618. The molecule has 0 amide bonds. The maximum absolute atomic E-state index is 12.5. The molecule has 29 heavy (non-hydrogen) atoms. The van der Waals surface area contributed by atoms with Gasteiger partial charge in [0.25, 0.3) is 0 Å². The molecule has 0 radical (unpaired) electrons. The average molecular weight is 467 g/mol. The number of aromatic nitrogens is 2. The van der Waals surface area contributed by atoms with Crippen LogP contribution in [0.5, 0.6) is 5.75 Å². The van der Waals surface area contributed by atoms with Crippen LogP contribution in [0.3, 0.4) is 0 Å². The molecule has 3 aromatic rings. The van der Waals surface area contributed by atoms with Crippen molar-refractivity contribution in [1.82, 2.24) is 9.97 Å². The molecule has 1 heterocycles. The molecule has 1 aromatic heterocycles. The minimum absolute atomic E-state index is 0.304. The third kappa shape index (κ3) is 6.08. The fraction of sp³-hybridized carbons (Fsp3) is 0.200. The van der Waals surface area contributed by atoms with E-state index >= 15 is 0 Å². The van der Waals surface area contributed by atoms with Gasteiger partial charge in [-0.25, -0.2) is 4.98 Å². The molecule has 0 atom stereocenters. The van der Waals surface area contributed by atoms with Crippen molar-refractivity contribution < 1.29 is 17.9 Å². The lowest BCUT2D eigenvalue weighted by molar-refractivity contribution is -0.274. The molecular weight excluding hydrogens is 449 g/mol. The van der Waals surface area contributed by atoms with E-state index in [4.69, 9.17) is 0 Å². The highest BCUT2D eigenvalue weighted by molar-refractivity contribution is 9.10. The van der Waals surface area contributed by atoms with E-state index in [0.29, 0.717) is 36.1 Å². The van der Waals surface area contributed by atoms with Crippen molar-refractivity contribution in [2.75, 3.05) is 17.2 Å². The van der Waals surface area contributed by atoms with Gasteiger partial charge in [-0.3, -0.25) is 0 Å². The number of rotatable bonds is 7. The van der Waals surface area contributed by atoms with Crippen molar-refractivity contribution in [1.29, 1.82) is 0 Å². The Kier molecular flexibility index (Phi) is 6.58. The molecule has 0 aliphatic carbocycles. The lowest BCUT2D eigenvalue weighted by atomic mass is 10.1. The fourth-order valence-corrected chi connectivity index (χ4v) is 3.03. The second-order valence-corrected chi connectivity index (χ2v) is 6.87. The highest BCUT2D eigenvalue weighted by Gasteiger charge is 2.31. The summed E-state index contributed by atoms with van der Waals surface area (Å²) in [5, 5.41) is 6.27. The van der Waals surface area contributed by atoms with Gasteiger partial charge in [0.15, 0.2) is 0 Å². The lowest BCUT2D eigenvalue weighted by Gasteiger charge is -2.13. The summed E-state index contributed by atoms with van der Waals surface area (Å²) in [6.07, 6.45) is -4.75. The standard InChI is InChI=1S/C20H18BrF3N4O/c1-2-25-19-27-17(13-7-5-8-15(10-13)29-20(22,23)24)11-18(28-19)26-12-14-6-3-4-9-16(14)21/h3-11H,2,12H2,1H3,(H2,25,26,27,28). The van der Waals surface area contributed by atoms with E-state index in [9.17, 15) is 13.2 Å². The van der Waals surface area contributed by atoms with Gasteiger partial charge in [-0.2, -0.15) is 4.98 Å². The molecule has 9 heteroatoms. The first-order chi connectivity index (χ1) is 13.8. The third-order valence-corrected chi connectivity index (χ3v) is 4.62. The number of benzene rings is 2. The molecule has 0 saturated heterocycles. The van der Waals surface area contributed by atoms with Crippen LogP contribution in [0, 0.1) is 0 Å². The third-order valence-electron chi connectivity index (χ3n) is 3.84. The Morgan fingerprint density at radius 2 is 1.79 bits per heavy atom. The largest absolute Gasteiger partial charge is 0.573 e. The van der Waals surface area contributed by atoms with E-state index in [1.807, 2.05) is 31.2 Å². The van der Waals surface area contributed by atoms with E-state index in [-0.39, 0.29) is 5.75 Å². The summed E-state index contributed by atoms with van der Waals surface area (Å²) in [5.41, 5.74) is 1.99. The maximum atomic E-state index is 12.5. The van der Waals surface area contributed by atoms with Gasteiger partial charge in [0.05, 0.1) is 5.69 Å². The van der Waals surface area contributed by atoms with Gasteiger partial charge < -0.3 is 15.4 Å². The van der Waals surface area contributed by atoms with Gasteiger partial charge in [0.2, 0.25) is 5.95 Å². The van der Waals surface area contributed by atoms with Crippen molar-refractivity contribution in [3.8, 4) is 17.0 Å². The van der Waals surface area contributed by atoms with Crippen LogP contribution in [-0.2, 0) is 6.54 Å². The minimum Gasteiger partial charge on any atom is -0.406 e. The number of nitrogens with one attached hydrogen (secondary N) is 2. The maximum Gasteiger partial charge on any atom is 0.573 e. The van der Waals surface area contributed by atoms with Crippen molar-refractivity contribution in [3.63, 3.8) is 0 Å². The van der Waals surface area contributed by atoms with Gasteiger partial charge in [-0.05, 0) is 30.7 Å². The molecule has 0 aliphatic rings. The van der Waals surface area contributed by atoms with Gasteiger partial charge in [0.1, 0.15) is 11.6 Å². The van der Waals surface area contributed by atoms with Crippen LogP contribution in [0.2, 0.25) is 0 Å². The van der Waals surface area contributed by atoms with Crippen molar-refractivity contribution in [2.45, 2.75) is 19.8 Å². The molecule has 0 fully saturated rings. The van der Waals surface area contributed by atoms with E-state index in [2.05, 4.69) is 41.3 Å². The Labute approximate surface area is 174 Å².